The lowest BCUT2D eigenvalue weighted by Gasteiger charge is -2.22. The molecule has 1 aliphatic heterocycles. The summed E-state index contributed by atoms with van der Waals surface area (Å²) in [5, 5.41) is 8.66. The van der Waals surface area contributed by atoms with E-state index in [-0.39, 0.29) is 6.29 Å². The predicted octanol–water partition coefficient (Wildman–Crippen LogP) is 2.60. The van der Waals surface area contributed by atoms with Crippen molar-refractivity contribution in [3.63, 3.8) is 0 Å². The first kappa shape index (κ1) is 11.1. The molecule has 0 unspecified atom stereocenters. The van der Waals surface area contributed by atoms with Crippen LogP contribution in [0.15, 0.2) is 24.3 Å². The topological polar surface area (TPSA) is 42.2 Å². The van der Waals surface area contributed by atoms with E-state index in [1.807, 2.05) is 12.1 Å². The van der Waals surface area contributed by atoms with Crippen LogP contribution in [0.25, 0.3) is 0 Å². The zero-order valence-corrected chi connectivity index (χ0v) is 9.19. The molecule has 3 heteroatoms. The van der Waals surface area contributed by atoms with E-state index in [1.54, 1.807) is 12.1 Å². The Kier molecular flexibility index (Phi) is 3.92. The molecule has 0 aliphatic carbocycles. The van der Waals surface area contributed by atoms with Crippen LogP contribution < -0.4 is 0 Å². The van der Waals surface area contributed by atoms with E-state index in [9.17, 15) is 0 Å². The summed E-state index contributed by atoms with van der Waals surface area (Å²) >= 11 is 0. The van der Waals surface area contributed by atoms with Gasteiger partial charge in [-0.1, -0.05) is 12.1 Å². The highest BCUT2D eigenvalue weighted by Crippen LogP contribution is 2.15. The summed E-state index contributed by atoms with van der Waals surface area (Å²) in [5.41, 5.74) is 1.76. The van der Waals surface area contributed by atoms with Crippen LogP contribution in [-0.4, -0.2) is 12.9 Å². The number of nitrogens with zero attached hydrogens (tertiary/aromatic N) is 1. The number of hydrogen-bond acceptors (Lipinski definition) is 3. The van der Waals surface area contributed by atoms with Gasteiger partial charge >= 0.3 is 0 Å². The number of rotatable bonds is 3. The first-order valence-corrected chi connectivity index (χ1v) is 5.61. The molecule has 1 saturated heterocycles. The molecule has 0 saturated carbocycles. The van der Waals surface area contributed by atoms with Crippen LogP contribution >= 0.6 is 0 Å². The second-order valence-electron chi connectivity index (χ2n) is 3.92. The fourth-order valence-electron chi connectivity index (χ4n) is 1.71. The van der Waals surface area contributed by atoms with E-state index in [4.69, 9.17) is 14.7 Å². The van der Waals surface area contributed by atoms with Crippen molar-refractivity contribution in [1.29, 1.82) is 5.26 Å². The van der Waals surface area contributed by atoms with Crippen molar-refractivity contribution in [3.05, 3.63) is 35.4 Å². The predicted molar refractivity (Wildman–Crippen MR) is 59.5 cm³/mol. The second kappa shape index (κ2) is 5.64. The lowest BCUT2D eigenvalue weighted by atomic mass is 10.1. The lowest BCUT2D eigenvalue weighted by molar-refractivity contribution is -0.168. The van der Waals surface area contributed by atoms with Crippen LogP contribution in [0, 0.1) is 11.3 Å². The Balaban J connectivity index is 1.82. The van der Waals surface area contributed by atoms with Crippen LogP contribution in [0.3, 0.4) is 0 Å². The quantitative estimate of drug-likeness (QED) is 0.781. The highest BCUT2D eigenvalue weighted by atomic mass is 16.7. The van der Waals surface area contributed by atoms with Gasteiger partial charge in [0.15, 0.2) is 6.29 Å². The molecule has 1 aliphatic rings. The van der Waals surface area contributed by atoms with Crippen LogP contribution in [0.2, 0.25) is 0 Å². The Hall–Kier alpha value is -1.37. The molecular weight excluding hydrogens is 202 g/mol. The molecule has 0 aromatic heterocycles. The van der Waals surface area contributed by atoms with Gasteiger partial charge in [0, 0.05) is 6.61 Å². The zero-order chi connectivity index (χ0) is 11.2. The van der Waals surface area contributed by atoms with E-state index in [0.717, 1.165) is 25.0 Å². The van der Waals surface area contributed by atoms with Gasteiger partial charge in [0.2, 0.25) is 0 Å². The number of nitriles is 1. The molecule has 0 bridgehead atoms. The molecule has 1 atom stereocenters. The molecule has 1 aromatic rings. The molecule has 3 nitrogen and oxygen atoms in total. The van der Waals surface area contributed by atoms with Gasteiger partial charge in [-0.25, -0.2) is 0 Å². The summed E-state index contributed by atoms with van der Waals surface area (Å²) in [4.78, 5) is 0. The Morgan fingerprint density at radius 1 is 1.31 bits per heavy atom. The highest BCUT2D eigenvalue weighted by molar-refractivity contribution is 5.31. The molecule has 84 valence electrons. The maximum atomic E-state index is 8.66. The Morgan fingerprint density at radius 3 is 2.75 bits per heavy atom. The van der Waals surface area contributed by atoms with Crippen LogP contribution in [0.1, 0.15) is 30.4 Å². The van der Waals surface area contributed by atoms with Gasteiger partial charge in [-0.05, 0) is 37.0 Å². The Morgan fingerprint density at radius 2 is 2.12 bits per heavy atom. The summed E-state index contributed by atoms with van der Waals surface area (Å²) in [6, 6.07) is 9.54. The number of benzene rings is 1. The zero-order valence-electron chi connectivity index (χ0n) is 9.19. The van der Waals surface area contributed by atoms with Gasteiger partial charge in [0.1, 0.15) is 0 Å². The molecule has 0 radical (unpaired) electrons. The highest BCUT2D eigenvalue weighted by Gasteiger charge is 2.13. The van der Waals surface area contributed by atoms with E-state index < -0.39 is 0 Å². The summed E-state index contributed by atoms with van der Waals surface area (Å²) in [6.45, 7) is 1.36. The standard InChI is InChI=1S/C13H15NO2/c14-9-11-4-6-12(7-5-11)10-16-13-3-1-2-8-15-13/h4-7,13H,1-3,8,10H2/t13-/m1/s1. The molecule has 1 heterocycles. The average Bonchev–Trinajstić information content (AvgIpc) is 2.38. The Labute approximate surface area is 95.6 Å². The summed E-state index contributed by atoms with van der Waals surface area (Å²) in [5.74, 6) is 0. The summed E-state index contributed by atoms with van der Waals surface area (Å²) in [7, 11) is 0. The third-order valence-electron chi connectivity index (χ3n) is 2.66. The monoisotopic (exact) mass is 217 g/mol. The van der Waals surface area contributed by atoms with Gasteiger partial charge < -0.3 is 9.47 Å². The minimum Gasteiger partial charge on any atom is -0.353 e. The third-order valence-corrected chi connectivity index (χ3v) is 2.66. The smallest absolute Gasteiger partial charge is 0.158 e. The van der Waals surface area contributed by atoms with Crippen molar-refractivity contribution in [2.24, 2.45) is 0 Å². The minimum absolute atomic E-state index is 0.0515. The largest absolute Gasteiger partial charge is 0.353 e. The molecule has 0 amide bonds. The van der Waals surface area contributed by atoms with Crippen molar-refractivity contribution >= 4 is 0 Å². The van der Waals surface area contributed by atoms with Gasteiger partial charge in [-0.2, -0.15) is 5.26 Å². The fraction of sp³-hybridized carbons (Fsp3) is 0.462. The van der Waals surface area contributed by atoms with Crippen molar-refractivity contribution in [1.82, 2.24) is 0 Å². The van der Waals surface area contributed by atoms with Crippen molar-refractivity contribution in [2.45, 2.75) is 32.2 Å². The molecule has 2 rings (SSSR count). The first-order chi connectivity index (χ1) is 7.88. The van der Waals surface area contributed by atoms with E-state index in [0.29, 0.717) is 12.2 Å². The molecular formula is C13H15NO2. The average molecular weight is 217 g/mol. The molecule has 0 N–H and O–H groups in total. The number of ether oxygens (including phenoxy) is 2. The van der Waals surface area contributed by atoms with Crippen molar-refractivity contribution in [2.75, 3.05) is 6.61 Å². The Bertz CT molecular complexity index is 361. The van der Waals surface area contributed by atoms with Gasteiger partial charge in [-0.3, -0.25) is 0 Å². The van der Waals surface area contributed by atoms with Crippen LogP contribution in [0.4, 0.5) is 0 Å². The van der Waals surface area contributed by atoms with E-state index >= 15 is 0 Å². The normalized spacial score (nSPS) is 20.3. The third kappa shape index (κ3) is 3.06. The van der Waals surface area contributed by atoms with Crippen LogP contribution in [0.5, 0.6) is 0 Å². The van der Waals surface area contributed by atoms with Crippen molar-refractivity contribution in [3.8, 4) is 6.07 Å². The SMILES string of the molecule is N#Cc1ccc(CO[C@@H]2CCCCO2)cc1. The molecule has 0 spiro atoms. The van der Waals surface area contributed by atoms with Crippen LogP contribution in [-0.2, 0) is 16.1 Å². The van der Waals surface area contributed by atoms with E-state index in [2.05, 4.69) is 6.07 Å². The first-order valence-electron chi connectivity index (χ1n) is 5.61. The van der Waals surface area contributed by atoms with E-state index in [1.165, 1.54) is 6.42 Å². The molecule has 1 aromatic carbocycles. The van der Waals surface area contributed by atoms with Gasteiger partial charge in [-0.15, -0.1) is 0 Å². The minimum atomic E-state index is -0.0515. The second-order valence-corrected chi connectivity index (χ2v) is 3.92. The number of hydrogen-bond donors (Lipinski definition) is 0. The maximum absolute atomic E-state index is 8.66. The fourth-order valence-corrected chi connectivity index (χ4v) is 1.71. The summed E-state index contributed by atoms with van der Waals surface area (Å²) < 4.78 is 11.1. The molecule has 1 fully saturated rings. The maximum Gasteiger partial charge on any atom is 0.158 e. The summed E-state index contributed by atoms with van der Waals surface area (Å²) in [6.07, 6.45) is 3.25. The molecule has 16 heavy (non-hydrogen) atoms. The van der Waals surface area contributed by atoms with Crippen molar-refractivity contribution < 1.29 is 9.47 Å². The van der Waals surface area contributed by atoms with Gasteiger partial charge in [0.05, 0.1) is 18.2 Å². The van der Waals surface area contributed by atoms with Gasteiger partial charge in [0.25, 0.3) is 0 Å². The lowest BCUT2D eigenvalue weighted by Crippen LogP contribution is -2.21.